The third-order valence-corrected chi connectivity index (χ3v) is 2.61. The van der Waals surface area contributed by atoms with Crippen LogP contribution in [0.15, 0.2) is 0 Å². The SMILES string of the molecule is COC(=O)CCOCCC(=O)N1CCNCC1. The number of hydrogen-bond donors (Lipinski definition) is 1. The summed E-state index contributed by atoms with van der Waals surface area (Å²) in [4.78, 5) is 24.3. The molecule has 0 saturated carbocycles. The molecule has 1 aliphatic heterocycles. The summed E-state index contributed by atoms with van der Waals surface area (Å²) in [6.07, 6.45) is 0.611. The summed E-state index contributed by atoms with van der Waals surface area (Å²) in [5.74, 6) is -0.178. The second-order valence-electron chi connectivity index (χ2n) is 3.82. The molecular formula is C11H20N2O4. The van der Waals surface area contributed by atoms with Gasteiger partial charge in [0.1, 0.15) is 0 Å². The largest absolute Gasteiger partial charge is 0.469 e. The van der Waals surface area contributed by atoms with E-state index in [0.717, 1.165) is 26.2 Å². The Balaban J connectivity index is 2.01. The highest BCUT2D eigenvalue weighted by Gasteiger charge is 2.15. The number of methoxy groups -OCH3 is 1. The van der Waals surface area contributed by atoms with E-state index >= 15 is 0 Å². The molecule has 0 unspecified atom stereocenters. The van der Waals surface area contributed by atoms with Crippen molar-refractivity contribution in [3.05, 3.63) is 0 Å². The molecule has 1 N–H and O–H groups in total. The van der Waals surface area contributed by atoms with Crippen molar-refractivity contribution in [2.75, 3.05) is 46.5 Å². The highest BCUT2D eigenvalue weighted by Crippen LogP contribution is 1.98. The molecule has 1 amide bonds. The van der Waals surface area contributed by atoms with Crippen LogP contribution < -0.4 is 5.32 Å². The molecule has 6 heteroatoms. The predicted octanol–water partition coefficient (Wildman–Crippen LogP) is -0.612. The van der Waals surface area contributed by atoms with Gasteiger partial charge in [-0.05, 0) is 0 Å². The third kappa shape index (κ3) is 5.65. The van der Waals surface area contributed by atoms with Crippen molar-refractivity contribution in [1.29, 1.82) is 0 Å². The average Bonchev–Trinajstić information content (AvgIpc) is 2.38. The molecule has 0 aliphatic carbocycles. The molecule has 0 aromatic rings. The molecule has 0 radical (unpaired) electrons. The number of piperazine rings is 1. The molecule has 98 valence electrons. The van der Waals surface area contributed by atoms with Gasteiger partial charge in [0.05, 0.1) is 33.2 Å². The number of amides is 1. The maximum atomic E-state index is 11.7. The van der Waals surface area contributed by atoms with E-state index < -0.39 is 0 Å². The van der Waals surface area contributed by atoms with Gasteiger partial charge < -0.3 is 19.7 Å². The summed E-state index contributed by atoms with van der Waals surface area (Å²) in [6, 6.07) is 0. The normalized spacial score (nSPS) is 15.7. The number of carbonyl (C=O) groups excluding carboxylic acids is 2. The van der Waals surface area contributed by atoms with E-state index in [1.54, 1.807) is 0 Å². The molecule has 1 saturated heterocycles. The fourth-order valence-electron chi connectivity index (χ4n) is 1.59. The van der Waals surface area contributed by atoms with Crippen LogP contribution in [-0.2, 0) is 19.1 Å². The lowest BCUT2D eigenvalue weighted by atomic mass is 10.3. The van der Waals surface area contributed by atoms with E-state index in [0.29, 0.717) is 19.6 Å². The Bertz CT molecular complexity index is 252. The monoisotopic (exact) mass is 244 g/mol. The summed E-state index contributed by atoms with van der Waals surface area (Å²) in [6.45, 7) is 3.91. The van der Waals surface area contributed by atoms with Crippen molar-refractivity contribution < 1.29 is 19.1 Å². The van der Waals surface area contributed by atoms with Crippen molar-refractivity contribution in [2.24, 2.45) is 0 Å². The van der Waals surface area contributed by atoms with E-state index in [1.165, 1.54) is 7.11 Å². The van der Waals surface area contributed by atoms with E-state index in [9.17, 15) is 9.59 Å². The van der Waals surface area contributed by atoms with Crippen molar-refractivity contribution >= 4 is 11.9 Å². The summed E-state index contributed by atoms with van der Waals surface area (Å²) in [5, 5.41) is 3.19. The maximum Gasteiger partial charge on any atom is 0.307 e. The first-order valence-electron chi connectivity index (χ1n) is 5.87. The van der Waals surface area contributed by atoms with Gasteiger partial charge in [-0.1, -0.05) is 0 Å². The van der Waals surface area contributed by atoms with Gasteiger partial charge in [0.15, 0.2) is 0 Å². The highest BCUT2D eigenvalue weighted by molar-refractivity contribution is 5.76. The molecule has 0 atom stereocenters. The van der Waals surface area contributed by atoms with Crippen LogP contribution in [0.5, 0.6) is 0 Å². The molecule has 0 aromatic heterocycles. The Hall–Kier alpha value is -1.14. The van der Waals surface area contributed by atoms with Gasteiger partial charge in [-0.15, -0.1) is 0 Å². The molecule has 1 heterocycles. The number of rotatable bonds is 6. The van der Waals surface area contributed by atoms with Gasteiger partial charge >= 0.3 is 5.97 Å². The van der Waals surface area contributed by atoms with Gasteiger partial charge in [0.2, 0.25) is 5.91 Å². The van der Waals surface area contributed by atoms with Crippen molar-refractivity contribution in [3.8, 4) is 0 Å². The van der Waals surface area contributed by atoms with E-state index in [1.807, 2.05) is 4.90 Å². The molecule has 0 aromatic carbocycles. The van der Waals surface area contributed by atoms with Crippen LogP contribution in [0.1, 0.15) is 12.8 Å². The summed E-state index contributed by atoms with van der Waals surface area (Å²) >= 11 is 0. The van der Waals surface area contributed by atoms with Crippen LogP contribution in [0.25, 0.3) is 0 Å². The molecule has 1 fully saturated rings. The number of nitrogens with zero attached hydrogens (tertiary/aromatic N) is 1. The molecule has 0 spiro atoms. The predicted molar refractivity (Wildman–Crippen MR) is 61.5 cm³/mol. The fraction of sp³-hybridized carbons (Fsp3) is 0.818. The third-order valence-electron chi connectivity index (χ3n) is 2.61. The van der Waals surface area contributed by atoms with Crippen LogP contribution in [-0.4, -0.2) is 63.3 Å². The Morgan fingerprint density at radius 3 is 2.47 bits per heavy atom. The minimum absolute atomic E-state index is 0.115. The van der Waals surface area contributed by atoms with Gasteiger partial charge in [-0.2, -0.15) is 0 Å². The van der Waals surface area contributed by atoms with Gasteiger partial charge in [-0.3, -0.25) is 9.59 Å². The van der Waals surface area contributed by atoms with E-state index in [4.69, 9.17) is 4.74 Å². The summed E-state index contributed by atoms with van der Waals surface area (Å²) in [7, 11) is 1.34. The fourth-order valence-corrected chi connectivity index (χ4v) is 1.59. The van der Waals surface area contributed by atoms with Crippen molar-refractivity contribution in [3.63, 3.8) is 0 Å². The first-order valence-corrected chi connectivity index (χ1v) is 5.87. The number of ether oxygens (including phenoxy) is 2. The minimum atomic E-state index is -0.293. The number of esters is 1. The van der Waals surface area contributed by atoms with Gasteiger partial charge in [0.25, 0.3) is 0 Å². The molecule has 6 nitrogen and oxygen atoms in total. The Morgan fingerprint density at radius 2 is 1.82 bits per heavy atom. The number of nitrogens with one attached hydrogen (secondary N) is 1. The zero-order valence-corrected chi connectivity index (χ0v) is 10.2. The minimum Gasteiger partial charge on any atom is -0.469 e. The Kier molecular flexibility index (Phi) is 6.57. The Morgan fingerprint density at radius 1 is 1.18 bits per heavy atom. The zero-order valence-electron chi connectivity index (χ0n) is 10.2. The van der Waals surface area contributed by atoms with Crippen LogP contribution in [0.4, 0.5) is 0 Å². The lowest BCUT2D eigenvalue weighted by Gasteiger charge is -2.27. The standard InChI is InChI=1S/C11H20N2O4/c1-16-11(15)3-9-17-8-2-10(14)13-6-4-12-5-7-13/h12H,2-9H2,1H3. The summed E-state index contributed by atoms with van der Waals surface area (Å²) < 4.78 is 9.68. The molecule has 1 rings (SSSR count). The maximum absolute atomic E-state index is 11.7. The molecule has 17 heavy (non-hydrogen) atoms. The first kappa shape index (κ1) is 13.9. The second-order valence-corrected chi connectivity index (χ2v) is 3.82. The van der Waals surface area contributed by atoms with Crippen molar-refractivity contribution in [2.45, 2.75) is 12.8 Å². The lowest BCUT2D eigenvalue weighted by Crippen LogP contribution is -2.46. The van der Waals surface area contributed by atoms with Crippen LogP contribution >= 0.6 is 0 Å². The van der Waals surface area contributed by atoms with E-state index in [-0.39, 0.29) is 18.3 Å². The highest BCUT2D eigenvalue weighted by atomic mass is 16.5. The van der Waals surface area contributed by atoms with Crippen LogP contribution in [0.3, 0.4) is 0 Å². The number of hydrogen-bond acceptors (Lipinski definition) is 5. The summed E-state index contributed by atoms with van der Waals surface area (Å²) in [5.41, 5.74) is 0. The van der Waals surface area contributed by atoms with Gasteiger partial charge in [0, 0.05) is 26.2 Å². The zero-order chi connectivity index (χ0) is 12.5. The topological polar surface area (TPSA) is 67.9 Å². The average molecular weight is 244 g/mol. The first-order chi connectivity index (χ1) is 8.24. The lowest BCUT2D eigenvalue weighted by molar-refractivity contribution is -0.141. The van der Waals surface area contributed by atoms with Gasteiger partial charge in [-0.25, -0.2) is 0 Å². The van der Waals surface area contributed by atoms with Crippen LogP contribution in [0, 0.1) is 0 Å². The molecule has 1 aliphatic rings. The Labute approximate surface area is 101 Å². The molecular weight excluding hydrogens is 224 g/mol. The van der Waals surface area contributed by atoms with Crippen molar-refractivity contribution in [1.82, 2.24) is 10.2 Å². The second kappa shape index (κ2) is 8.03. The molecule has 0 bridgehead atoms. The van der Waals surface area contributed by atoms with E-state index in [2.05, 4.69) is 10.1 Å². The quantitative estimate of drug-likeness (QED) is 0.498. The number of carbonyl (C=O) groups is 2. The van der Waals surface area contributed by atoms with Crippen LogP contribution in [0.2, 0.25) is 0 Å². The smallest absolute Gasteiger partial charge is 0.307 e.